The van der Waals surface area contributed by atoms with Gasteiger partial charge in [-0.3, -0.25) is 4.78 Å². The van der Waals surface area contributed by atoms with Gasteiger partial charge in [0.15, 0.2) is 12.0 Å². The number of benzene rings is 1. The average Bonchev–Trinajstić information content (AvgIpc) is 3.55. The Morgan fingerprint density at radius 3 is 2.56 bits per heavy atom. The van der Waals surface area contributed by atoms with Crippen molar-refractivity contribution in [2.45, 2.75) is 67.7 Å². The van der Waals surface area contributed by atoms with E-state index in [9.17, 15) is 9.32 Å². The van der Waals surface area contributed by atoms with Gasteiger partial charge in [0.2, 0.25) is 0 Å². The third-order valence-corrected chi connectivity index (χ3v) is 9.86. The zero-order valence-electron chi connectivity index (χ0n) is 20.1. The molecule has 10 heteroatoms. The quantitative estimate of drug-likeness (QED) is 0.610. The SMILES string of the molecule is CS(=N)(=O)C1CCC(c2ccc(-c3nc4c(cc3Cl)N=C(O[C@@H]3CO[C@H]5[C@@H]3OC[C@H]5O)C4)cc2)CC1. The molecular weight excluding hydrogens is 502 g/mol. The summed E-state index contributed by atoms with van der Waals surface area (Å²) in [6.45, 7) is 0.615. The molecule has 0 bridgehead atoms. The lowest BCUT2D eigenvalue weighted by Crippen LogP contribution is -2.34. The van der Waals surface area contributed by atoms with E-state index in [0.29, 0.717) is 41.2 Å². The highest BCUT2D eigenvalue weighted by Gasteiger charge is 2.49. The highest BCUT2D eigenvalue weighted by molar-refractivity contribution is 7.92. The number of rotatable bonds is 4. The molecule has 1 unspecified atom stereocenters. The van der Waals surface area contributed by atoms with Crippen LogP contribution in [-0.4, -0.2) is 69.3 Å². The minimum Gasteiger partial charge on any atom is -0.472 e. The van der Waals surface area contributed by atoms with E-state index >= 15 is 0 Å². The first-order chi connectivity index (χ1) is 17.3. The number of aromatic nitrogens is 1. The summed E-state index contributed by atoms with van der Waals surface area (Å²) in [5.41, 5.74) is 4.44. The Kier molecular flexibility index (Phi) is 6.32. The van der Waals surface area contributed by atoms with Crippen molar-refractivity contribution >= 4 is 32.9 Å². The molecule has 0 spiro atoms. The Balaban J connectivity index is 1.13. The van der Waals surface area contributed by atoms with Gasteiger partial charge >= 0.3 is 0 Å². The van der Waals surface area contributed by atoms with Gasteiger partial charge in [0.05, 0.1) is 41.7 Å². The molecule has 4 aliphatic rings. The first-order valence-corrected chi connectivity index (χ1v) is 14.8. The summed E-state index contributed by atoms with van der Waals surface area (Å²) < 4.78 is 37.3. The second-order valence-electron chi connectivity index (χ2n) is 10.3. The van der Waals surface area contributed by atoms with Crippen LogP contribution in [0.4, 0.5) is 5.69 Å². The highest BCUT2D eigenvalue weighted by atomic mass is 35.5. The summed E-state index contributed by atoms with van der Waals surface area (Å²) in [5, 5.41) is 10.5. The molecule has 192 valence electrons. The fourth-order valence-electron chi connectivity index (χ4n) is 5.81. The van der Waals surface area contributed by atoms with Gasteiger partial charge in [0.25, 0.3) is 0 Å². The van der Waals surface area contributed by atoms with Crippen LogP contribution in [0.25, 0.3) is 11.3 Å². The third-order valence-electron chi connectivity index (χ3n) is 7.83. The number of aliphatic hydroxyl groups excluding tert-OH is 1. The maximum atomic E-state index is 12.1. The lowest BCUT2D eigenvalue weighted by Gasteiger charge is -2.29. The maximum absolute atomic E-state index is 12.1. The number of fused-ring (bicyclic) bond motifs is 2. The normalized spacial score (nSPS) is 33.0. The molecule has 1 aromatic carbocycles. The number of hydrogen-bond donors (Lipinski definition) is 2. The zero-order valence-corrected chi connectivity index (χ0v) is 21.6. The summed E-state index contributed by atoms with van der Waals surface area (Å²) in [6.07, 6.45) is 4.09. The van der Waals surface area contributed by atoms with Crippen LogP contribution in [0.3, 0.4) is 0 Å². The Labute approximate surface area is 216 Å². The monoisotopic (exact) mass is 531 g/mol. The Morgan fingerprint density at radius 1 is 1.11 bits per heavy atom. The maximum Gasteiger partial charge on any atom is 0.195 e. The van der Waals surface area contributed by atoms with Crippen molar-refractivity contribution in [2.24, 2.45) is 4.99 Å². The van der Waals surface area contributed by atoms with E-state index in [1.165, 1.54) is 5.56 Å². The second kappa shape index (κ2) is 9.36. The molecule has 5 atom stereocenters. The molecule has 0 amide bonds. The van der Waals surface area contributed by atoms with Crippen molar-refractivity contribution in [2.75, 3.05) is 19.5 Å². The number of hydrogen-bond acceptors (Lipinski definition) is 8. The van der Waals surface area contributed by atoms with Crippen LogP contribution in [0.15, 0.2) is 35.3 Å². The zero-order chi connectivity index (χ0) is 25.0. The van der Waals surface area contributed by atoms with Crippen molar-refractivity contribution in [1.82, 2.24) is 4.98 Å². The van der Waals surface area contributed by atoms with Crippen molar-refractivity contribution in [3.05, 3.63) is 46.6 Å². The minimum atomic E-state index is -2.46. The molecule has 6 rings (SSSR count). The lowest BCUT2D eigenvalue weighted by molar-refractivity contribution is 0.00558. The summed E-state index contributed by atoms with van der Waals surface area (Å²) in [5.74, 6) is 0.984. The van der Waals surface area contributed by atoms with Crippen LogP contribution in [-0.2, 0) is 30.4 Å². The Hall–Kier alpha value is -2.04. The summed E-state index contributed by atoms with van der Waals surface area (Å²) in [6, 6.07) is 10.2. The van der Waals surface area contributed by atoms with Gasteiger partial charge < -0.3 is 19.3 Å². The van der Waals surface area contributed by atoms with Crippen LogP contribution in [0, 0.1) is 4.78 Å². The first kappa shape index (κ1) is 24.3. The third kappa shape index (κ3) is 4.56. The van der Waals surface area contributed by atoms with E-state index < -0.39 is 15.8 Å². The van der Waals surface area contributed by atoms with E-state index in [1.807, 2.05) is 6.07 Å². The van der Waals surface area contributed by atoms with Crippen LogP contribution in [0.2, 0.25) is 5.02 Å². The van der Waals surface area contributed by atoms with Crippen molar-refractivity contribution < 1.29 is 23.5 Å². The predicted molar refractivity (Wildman–Crippen MR) is 138 cm³/mol. The van der Waals surface area contributed by atoms with Gasteiger partial charge in [-0.15, -0.1) is 0 Å². The first-order valence-electron chi connectivity index (χ1n) is 12.4. The van der Waals surface area contributed by atoms with Crippen molar-refractivity contribution in [3.8, 4) is 11.3 Å². The topological polar surface area (TPSA) is 114 Å². The van der Waals surface area contributed by atoms with E-state index in [0.717, 1.165) is 36.9 Å². The van der Waals surface area contributed by atoms with Crippen LogP contribution >= 0.6 is 11.6 Å². The summed E-state index contributed by atoms with van der Waals surface area (Å²) >= 11 is 6.61. The predicted octanol–water partition coefficient (Wildman–Crippen LogP) is 4.23. The fourth-order valence-corrected chi connectivity index (χ4v) is 7.24. The molecule has 2 N–H and O–H groups in total. The smallest absolute Gasteiger partial charge is 0.195 e. The van der Waals surface area contributed by atoms with Gasteiger partial charge in [-0.25, -0.2) is 14.2 Å². The Morgan fingerprint density at radius 2 is 1.83 bits per heavy atom. The minimum absolute atomic E-state index is 0.0124. The largest absolute Gasteiger partial charge is 0.472 e. The van der Waals surface area contributed by atoms with Gasteiger partial charge in [-0.2, -0.15) is 0 Å². The molecule has 1 aliphatic carbocycles. The summed E-state index contributed by atoms with van der Waals surface area (Å²) in [7, 11) is -2.46. The molecule has 36 heavy (non-hydrogen) atoms. The number of aliphatic imine (C=N–C) groups is 1. The van der Waals surface area contributed by atoms with E-state index in [-0.39, 0.29) is 30.2 Å². The number of ether oxygens (including phenoxy) is 3. The summed E-state index contributed by atoms with van der Waals surface area (Å²) in [4.78, 5) is 9.41. The standard InChI is InChI=1S/C26H30ClN3O5S/c1-36(28,32)17-8-6-15(7-9-17)14-2-4-16(5-3-14)24-18(27)10-19-20(30-24)11-23(29-19)35-22-13-34-25-21(31)12-33-26(22)25/h2-5,10,15,17,21-22,25-26,28,31H,6-9,11-13H2,1H3/t15?,17?,21-,22-,25-,26-,36?/m1/s1. The molecule has 1 saturated carbocycles. The molecule has 2 aromatic rings. The number of nitrogens with one attached hydrogen (secondary N) is 1. The van der Waals surface area contributed by atoms with Crippen molar-refractivity contribution in [1.29, 1.82) is 4.78 Å². The van der Waals surface area contributed by atoms with Gasteiger partial charge in [-0.05, 0) is 43.2 Å². The van der Waals surface area contributed by atoms with E-state index in [4.69, 9.17) is 35.6 Å². The molecule has 0 radical (unpaired) electrons. The van der Waals surface area contributed by atoms with Crippen molar-refractivity contribution in [3.63, 3.8) is 0 Å². The van der Waals surface area contributed by atoms with Gasteiger partial charge in [0.1, 0.15) is 18.3 Å². The molecule has 1 aromatic heterocycles. The van der Waals surface area contributed by atoms with Crippen LogP contribution in [0.1, 0.15) is 42.9 Å². The van der Waals surface area contributed by atoms with E-state index in [2.05, 4.69) is 29.3 Å². The van der Waals surface area contributed by atoms with Crippen LogP contribution in [0.5, 0.6) is 0 Å². The molecular formula is C26H30ClN3O5S. The average molecular weight is 532 g/mol. The number of nitrogens with zero attached hydrogens (tertiary/aromatic N) is 2. The molecule has 8 nitrogen and oxygen atoms in total. The fraction of sp³-hybridized carbons (Fsp3) is 0.538. The number of aliphatic hydroxyl groups is 1. The van der Waals surface area contributed by atoms with E-state index in [1.54, 1.807) is 6.26 Å². The molecule has 2 saturated heterocycles. The number of halogens is 1. The molecule has 4 heterocycles. The van der Waals surface area contributed by atoms with Crippen LogP contribution < -0.4 is 0 Å². The Bertz CT molecular complexity index is 1290. The lowest BCUT2D eigenvalue weighted by atomic mass is 9.83. The second-order valence-corrected chi connectivity index (χ2v) is 13.2. The number of pyridine rings is 1. The molecule has 3 fully saturated rings. The highest BCUT2D eigenvalue weighted by Crippen LogP contribution is 2.39. The van der Waals surface area contributed by atoms with Gasteiger partial charge in [0, 0.05) is 26.8 Å². The molecule has 3 aliphatic heterocycles. The van der Waals surface area contributed by atoms with Gasteiger partial charge in [-0.1, -0.05) is 35.9 Å².